The molecule has 10 heavy (non-hydrogen) atoms. The van der Waals surface area contributed by atoms with E-state index in [2.05, 4.69) is 27.1 Å². The van der Waals surface area contributed by atoms with E-state index in [1.165, 1.54) is 0 Å². The molecule has 0 aromatic heterocycles. The van der Waals surface area contributed by atoms with Gasteiger partial charge in [0.05, 0.1) is 0 Å². The number of hydrogen-bond donors (Lipinski definition) is 1. The summed E-state index contributed by atoms with van der Waals surface area (Å²) in [4.78, 5) is 7.80. The molecule has 1 rings (SSSR count). The summed E-state index contributed by atoms with van der Waals surface area (Å²) in [6.45, 7) is 3.63. The zero-order valence-electron chi connectivity index (χ0n) is 5.70. The van der Waals surface area contributed by atoms with Crippen molar-refractivity contribution in [3.63, 3.8) is 0 Å². The van der Waals surface area contributed by atoms with E-state index in [1.54, 1.807) is 19.5 Å². The second kappa shape index (κ2) is 2.91. The molecule has 1 aliphatic rings. The zero-order valence-corrected chi connectivity index (χ0v) is 5.70. The standard InChI is InChI=1S/C6H8N4/c1-5-6(10-7-2)9-4-3-8-5/h3-4,7H,1H2,2H3/b10-6+. The van der Waals surface area contributed by atoms with Gasteiger partial charge in [0.15, 0.2) is 5.84 Å². The number of rotatable bonds is 1. The van der Waals surface area contributed by atoms with Crippen LogP contribution in [-0.4, -0.2) is 25.3 Å². The molecule has 0 aliphatic carbocycles. The van der Waals surface area contributed by atoms with Gasteiger partial charge in [-0.05, 0) is 0 Å². The Morgan fingerprint density at radius 2 is 2.20 bits per heavy atom. The third kappa shape index (κ3) is 1.28. The fraction of sp³-hybridized carbons (Fsp3) is 0.167. The van der Waals surface area contributed by atoms with E-state index < -0.39 is 0 Å². The summed E-state index contributed by atoms with van der Waals surface area (Å²) in [7, 11) is 1.70. The van der Waals surface area contributed by atoms with Crippen LogP contribution in [0.5, 0.6) is 0 Å². The lowest BCUT2D eigenvalue weighted by Gasteiger charge is -2.00. The van der Waals surface area contributed by atoms with Crippen LogP contribution < -0.4 is 5.43 Å². The summed E-state index contributed by atoms with van der Waals surface area (Å²) in [6, 6.07) is 0. The van der Waals surface area contributed by atoms with Gasteiger partial charge >= 0.3 is 0 Å². The molecule has 0 aromatic carbocycles. The second-order valence-corrected chi connectivity index (χ2v) is 1.66. The summed E-state index contributed by atoms with van der Waals surface area (Å²) in [5.74, 6) is 0.532. The van der Waals surface area contributed by atoms with Gasteiger partial charge in [0.1, 0.15) is 5.70 Å². The third-order valence-electron chi connectivity index (χ3n) is 0.970. The maximum atomic E-state index is 3.91. The first-order chi connectivity index (χ1) is 4.84. The Hall–Kier alpha value is -1.45. The molecule has 0 spiro atoms. The normalized spacial score (nSPS) is 20.1. The van der Waals surface area contributed by atoms with Crippen molar-refractivity contribution in [1.82, 2.24) is 5.43 Å². The fourth-order valence-corrected chi connectivity index (χ4v) is 0.559. The third-order valence-corrected chi connectivity index (χ3v) is 0.970. The van der Waals surface area contributed by atoms with E-state index in [1.807, 2.05) is 0 Å². The molecule has 0 amide bonds. The van der Waals surface area contributed by atoms with Crippen LogP contribution in [0.3, 0.4) is 0 Å². The van der Waals surface area contributed by atoms with Gasteiger partial charge in [-0.25, -0.2) is 4.99 Å². The maximum absolute atomic E-state index is 3.91. The van der Waals surface area contributed by atoms with E-state index in [4.69, 9.17) is 0 Å². The highest BCUT2D eigenvalue weighted by molar-refractivity contribution is 6.24. The van der Waals surface area contributed by atoms with Crippen LogP contribution in [0, 0.1) is 0 Å². The van der Waals surface area contributed by atoms with Crippen LogP contribution in [0.15, 0.2) is 27.4 Å². The lowest BCUT2D eigenvalue weighted by molar-refractivity contribution is 0.896. The second-order valence-electron chi connectivity index (χ2n) is 1.66. The van der Waals surface area contributed by atoms with Crippen molar-refractivity contribution in [2.45, 2.75) is 0 Å². The molecule has 4 nitrogen and oxygen atoms in total. The minimum absolute atomic E-state index is 0.532. The Morgan fingerprint density at radius 1 is 1.50 bits per heavy atom. The molecule has 0 radical (unpaired) electrons. The minimum atomic E-state index is 0.532. The van der Waals surface area contributed by atoms with Crippen LogP contribution in [-0.2, 0) is 0 Å². The Balaban J connectivity index is 2.80. The molecule has 0 aromatic rings. The number of nitrogens with zero attached hydrogens (tertiary/aromatic N) is 3. The predicted octanol–water partition coefficient (Wildman–Crippen LogP) is 0.188. The highest BCUT2D eigenvalue weighted by atomic mass is 15.3. The lowest BCUT2D eigenvalue weighted by Crippen LogP contribution is -2.07. The zero-order chi connectivity index (χ0) is 7.40. The molecule has 1 aliphatic heterocycles. The van der Waals surface area contributed by atoms with Gasteiger partial charge in [-0.3, -0.25) is 4.99 Å². The van der Waals surface area contributed by atoms with E-state index >= 15 is 0 Å². The van der Waals surface area contributed by atoms with Gasteiger partial charge in [0.2, 0.25) is 0 Å². The summed E-state index contributed by atoms with van der Waals surface area (Å²) in [6.07, 6.45) is 3.15. The van der Waals surface area contributed by atoms with Gasteiger partial charge in [-0.1, -0.05) is 6.58 Å². The molecule has 4 heteroatoms. The van der Waals surface area contributed by atoms with Crippen molar-refractivity contribution in [3.8, 4) is 0 Å². The van der Waals surface area contributed by atoms with Gasteiger partial charge < -0.3 is 5.43 Å². The smallest absolute Gasteiger partial charge is 0.196 e. The first kappa shape index (κ1) is 6.67. The van der Waals surface area contributed by atoms with Crippen LogP contribution in [0.1, 0.15) is 0 Å². The molecular weight excluding hydrogens is 128 g/mol. The number of hydrogen-bond acceptors (Lipinski definition) is 3. The average molecular weight is 136 g/mol. The van der Waals surface area contributed by atoms with Crippen LogP contribution in [0.2, 0.25) is 0 Å². The fourth-order valence-electron chi connectivity index (χ4n) is 0.559. The van der Waals surface area contributed by atoms with Gasteiger partial charge in [-0.2, -0.15) is 5.10 Å². The first-order valence-corrected chi connectivity index (χ1v) is 2.85. The maximum Gasteiger partial charge on any atom is 0.196 e. The molecule has 1 heterocycles. The highest BCUT2D eigenvalue weighted by Gasteiger charge is 2.01. The molecule has 52 valence electrons. The molecule has 1 N–H and O–H groups in total. The number of hydrazone groups is 1. The number of nitrogens with one attached hydrogen (secondary N) is 1. The van der Waals surface area contributed by atoms with Crippen molar-refractivity contribution in [2.75, 3.05) is 7.05 Å². The van der Waals surface area contributed by atoms with Crippen LogP contribution in [0.4, 0.5) is 0 Å². The van der Waals surface area contributed by atoms with E-state index in [0.29, 0.717) is 11.5 Å². The van der Waals surface area contributed by atoms with Gasteiger partial charge in [0, 0.05) is 19.5 Å². The molecule has 0 fully saturated rings. The van der Waals surface area contributed by atoms with E-state index in [-0.39, 0.29) is 0 Å². The number of aliphatic imine (C=N–C) groups is 2. The van der Waals surface area contributed by atoms with E-state index in [9.17, 15) is 0 Å². The highest BCUT2D eigenvalue weighted by Crippen LogP contribution is 1.99. The van der Waals surface area contributed by atoms with Gasteiger partial charge in [0.25, 0.3) is 0 Å². The van der Waals surface area contributed by atoms with Crippen LogP contribution >= 0.6 is 0 Å². The molecule has 0 unspecified atom stereocenters. The van der Waals surface area contributed by atoms with Crippen molar-refractivity contribution in [2.24, 2.45) is 15.1 Å². The first-order valence-electron chi connectivity index (χ1n) is 2.85. The predicted molar refractivity (Wildman–Crippen MR) is 42.6 cm³/mol. The monoisotopic (exact) mass is 136 g/mol. The number of amidine groups is 1. The van der Waals surface area contributed by atoms with Gasteiger partial charge in [-0.15, -0.1) is 0 Å². The summed E-state index contributed by atoms with van der Waals surface area (Å²) in [5.41, 5.74) is 3.19. The minimum Gasteiger partial charge on any atom is -0.311 e. The average Bonchev–Trinajstić information content (AvgIpc) is 1.94. The van der Waals surface area contributed by atoms with E-state index in [0.717, 1.165) is 0 Å². The van der Waals surface area contributed by atoms with Crippen molar-refractivity contribution < 1.29 is 0 Å². The summed E-state index contributed by atoms with van der Waals surface area (Å²) < 4.78 is 0. The van der Waals surface area contributed by atoms with Crippen molar-refractivity contribution >= 4 is 18.3 Å². The molecule has 0 saturated carbocycles. The molecule has 0 atom stereocenters. The van der Waals surface area contributed by atoms with Crippen molar-refractivity contribution in [3.05, 3.63) is 12.3 Å². The Kier molecular flexibility index (Phi) is 1.94. The lowest BCUT2D eigenvalue weighted by atomic mass is 10.4. The molecular formula is C6H8N4. The Bertz CT molecular complexity index is 224. The molecule has 0 saturated heterocycles. The molecule has 0 bridgehead atoms. The Labute approximate surface area is 59.1 Å². The summed E-state index contributed by atoms with van der Waals surface area (Å²) in [5, 5.41) is 3.82. The van der Waals surface area contributed by atoms with Crippen LogP contribution in [0.25, 0.3) is 0 Å². The summed E-state index contributed by atoms with van der Waals surface area (Å²) >= 11 is 0. The largest absolute Gasteiger partial charge is 0.311 e. The quantitative estimate of drug-likeness (QED) is 0.514. The SMILES string of the molecule is C=C1N=CC=N/C1=N/NC. The Morgan fingerprint density at radius 3 is 2.80 bits per heavy atom. The van der Waals surface area contributed by atoms with Crippen molar-refractivity contribution in [1.29, 1.82) is 0 Å². The topological polar surface area (TPSA) is 49.1 Å².